The van der Waals surface area contributed by atoms with E-state index in [1.807, 2.05) is 36.4 Å². The molecule has 2 heterocycles. The van der Waals surface area contributed by atoms with Crippen LogP contribution in [0.2, 0.25) is 0 Å². The number of carboxylic acid groups (broad SMARTS) is 1. The van der Waals surface area contributed by atoms with E-state index in [0.717, 1.165) is 10.8 Å². The molecule has 2 amide bonds. The molecule has 144 valence electrons. The lowest BCUT2D eigenvalue weighted by molar-refractivity contribution is -0.150. The second kappa shape index (κ2) is 6.96. The molecular formula is C20H19N3O4S. The van der Waals surface area contributed by atoms with Gasteiger partial charge in [0.15, 0.2) is 0 Å². The molecule has 8 heteroatoms. The quantitative estimate of drug-likeness (QED) is 0.676. The van der Waals surface area contributed by atoms with E-state index < -0.39 is 35.2 Å². The number of carboxylic acids is 1. The molecule has 0 saturated carbocycles. The highest BCUT2D eigenvalue weighted by Gasteiger charge is 2.53. The maximum atomic E-state index is 12.6. The third-order valence-corrected chi connectivity index (χ3v) is 6.50. The summed E-state index contributed by atoms with van der Waals surface area (Å²) in [6.45, 7) is 1.70. The third-order valence-electron chi connectivity index (χ3n) is 5.07. The molecule has 1 saturated heterocycles. The molecule has 28 heavy (non-hydrogen) atoms. The van der Waals surface area contributed by atoms with Crippen molar-refractivity contribution in [1.82, 2.24) is 10.2 Å². The number of nitrogens with one attached hydrogen (secondary N) is 1. The Morgan fingerprint density at radius 3 is 2.68 bits per heavy atom. The van der Waals surface area contributed by atoms with E-state index in [4.69, 9.17) is 5.73 Å². The molecule has 0 bridgehead atoms. The molecule has 4 N–H and O–H groups in total. The summed E-state index contributed by atoms with van der Waals surface area (Å²) in [6.07, 6.45) is 0. The summed E-state index contributed by atoms with van der Waals surface area (Å²) in [5.74, 6) is -1.52. The molecular weight excluding hydrogens is 378 g/mol. The first kappa shape index (κ1) is 18.5. The molecule has 0 aliphatic carbocycles. The van der Waals surface area contributed by atoms with Crippen molar-refractivity contribution in [2.45, 2.75) is 24.4 Å². The Morgan fingerprint density at radius 2 is 1.96 bits per heavy atom. The Hall–Kier alpha value is -2.84. The van der Waals surface area contributed by atoms with Gasteiger partial charge in [-0.1, -0.05) is 36.4 Å². The zero-order chi connectivity index (χ0) is 20.0. The van der Waals surface area contributed by atoms with Crippen molar-refractivity contribution in [1.29, 1.82) is 0 Å². The molecule has 2 unspecified atom stereocenters. The van der Waals surface area contributed by atoms with Gasteiger partial charge in [0.25, 0.3) is 5.91 Å². The van der Waals surface area contributed by atoms with E-state index in [1.54, 1.807) is 13.0 Å². The molecule has 1 fully saturated rings. The van der Waals surface area contributed by atoms with Crippen LogP contribution in [0.1, 0.15) is 18.5 Å². The highest BCUT2D eigenvalue weighted by atomic mass is 32.2. The number of benzene rings is 2. The second-order valence-electron chi connectivity index (χ2n) is 6.91. The maximum absolute atomic E-state index is 12.6. The number of fused-ring (bicyclic) bond motifs is 2. The molecule has 0 radical (unpaired) electrons. The summed E-state index contributed by atoms with van der Waals surface area (Å²) in [5.41, 5.74) is 7.42. The average Bonchev–Trinajstić information content (AvgIpc) is 2.70. The molecule has 2 aromatic carbocycles. The van der Waals surface area contributed by atoms with Gasteiger partial charge in [0, 0.05) is 5.75 Å². The molecule has 4 rings (SSSR count). The minimum atomic E-state index is -1.13. The van der Waals surface area contributed by atoms with Crippen molar-refractivity contribution in [3.63, 3.8) is 0 Å². The van der Waals surface area contributed by atoms with Crippen LogP contribution in [0.4, 0.5) is 0 Å². The van der Waals surface area contributed by atoms with Crippen molar-refractivity contribution in [2.24, 2.45) is 5.73 Å². The molecule has 7 nitrogen and oxygen atoms in total. The summed E-state index contributed by atoms with van der Waals surface area (Å²) in [6, 6.07) is 11.6. The number of carbonyl (C=O) groups is 3. The number of nitrogens with two attached hydrogens (primary N) is 1. The Kier molecular flexibility index (Phi) is 4.60. The van der Waals surface area contributed by atoms with E-state index in [0.29, 0.717) is 16.9 Å². The van der Waals surface area contributed by atoms with Crippen LogP contribution in [-0.4, -0.2) is 45.0 Å². The van der Waals surface area contributed by atoms with Crippen molar-refractivity contribution >= 4 is 40.3 Å². The fourth-order valence-electron chi connectivity index (χ4n) is 3.57. The maximum Gasteiger partial charge on any atom is 0.352 e. The predicted octanol–water partition coefficient (Wildman–Crippen LogP) is 1.60. The standard InChI is InChI=1S/C20H19N3O4S/c1-10-9-28-19-15(18(25)23(19)16(10)20(26)27)22-17(24)14(21)13-7-6-11-4-2-3-5-12(11)8-13/h2-8,14-15,19H,9,21H2,1H3,(H,22,24)(H,26,27)/t14-,15?,19?/m1/s1. The van der Waals surface area contributed by atoms with Gasteiger partial charge in [-0.25, -0.2) is 4.79 Å². The van der Waals surface area contributed by atoms with E-state index in [1.165, 1.54) is 16.7 Å². The van der Waals surface area contributed by atoms with Gasteiger partial charge in [-0.15, -0.1) is 11.8 Å². The van der Waals surface area contributed by atoms with Crippen molar-refractivity contribution in [2.75, 3.05) is 5.75 Å². The highest BCUT2D eigenvalue weighted by Crippen LogP contribution is 2.40. The average molecular weight is 397 g/mol. The van der Waals surface area contributed by atoms with Crippen LogP contribution in [0, 0.1) is 0 Å². The lowest BCUT2D eigenvalue weighted by Crippen LogP contribution is -2.71. The predicted molar refractivity (Wildman–Crippen MR) is 106 cm³/mol. The van der Waals surface area contributed by atoms with Crippen molar-refractivity contribution in [3.8, 4) is 0 Å². The number of β-lactam (4-membered cyclic amide) rings is 1. The Morgan fingerprint density at radius 1 is 1.25 bits per heavy atom. The number of thioether (sulfide) groups is 1. The number of hydrogen-bond acceptors (Lipinski definition) is 5. The Bertz CT molecular complexity index is 1040. The topological polar surface area (TPSA) is 113 Å². The number of rotatable bonds is 4. The van der Waals surface area contributed by atoms with Crippen molar-refractivity contribution in [3.05, 3.63) is 59.3 Å². The van der Waals surface area contributed by atoms with Crippen LogP contribution in [0.5, 0.6) is 0 Å². The minimum absolute atomic E-state index is 0.0121. The van der Waals surface area contributed by atoms with Gasteiger partial charge in [0.2, 0.25) is 5.91 Å². The zero-order valence-electron chi connectivity index (χ0n) is 15.1. The SMILES string of the molecule is CC1=C(C(=O)O)N2C(=O)C(NC(=O)[C@H](N)c3ccc4ccccc4c3)C2SC1. The first-order chi connectivity index (χ1) is 13.4. The number of nitrogens with zero attached hydrogens (tertiary/aromatic N) is 1. The van der Waals surface area contributed by atoms with Crippen LogP contribution in [0.15, 0.2) is 53.7 Å². The molecule has 2 aromatic rings. The van der Waals surface area contributed by atoms with Gasteiger partial charge in [0.1, 0.15) is 23.2 Å². The monoisotopic (exact) mass is 397 g/mol. The summed E-state index contributed by atoms with van der Waals surface area (Å²) < 4.78 is 0. The lowest BCUT2D eigenvalue weighted by atomic mass is 10.00. The smallest absolute Gasteiger partial charge is 0.352 e. The van der Waals surface area contributed by atoms with E-state index in [9.17, 15) is 19.5 Å². The van der Waals surface area contributed by atoms with Crippen molar-refractivity contribution < 1.29 is 19.5 Å². The zero-order valence-corrected chi connectivity index (χ0v) is 15.9. The Balaban J connectivity index is 1.49. The van der Waals surface area contributed by atoms with Gasteiger partial charge < -0.3 is 16.2 Å². The third kappa shape index (κ3) is 2.94. The number of hydrogen-bond donors (Lipinski definition) is 3. The summed E-state index contributed by atoms with van der Waals surface area (Å²) in [7, 11) is 0. The van der Waals surface area contributed by atoms with E-state index >= 15 is 0 Å². The highest BCUT2D eigenvalue weighted by molar-refractivity contribution is 8.00. The molecule has 0 spiro atoms. The largest absolute Gasteiger partial charge is 0.477 e. The summed E-state index contributed by atoms with van der Waals surface area (Å²) >= 11 is 1.43. The lowest BCUT2D eigenvalue weighted by Gasteiger charge is -2.49. The molecule has 0 aromatic heterocycles. The normalized spacial score (nSPS) is 22.5. The van der Waals surface area contributed by atoms with E-state index in [-0.39, 0.29) is 5.70 Å². The fraction of sp³-hybridized carbons (Fsp3) is 0.250. The van der Waals surface area contributed by atoms with Gasteiger partial charge in [0.05, 0.1) is 0 Å². The van der Waals surface area contributed by atoms with Crippen LogP contribution in [0.3, 0.4) is 0 Å². The van der Waals surface area contributed by atoms with E-state index in [2.05, 4.69) is 5.32 Å². The number of aliphatic carboxylic acids is 1. The van der Waals surface area contributed by atoms with Crippen LogP contribution in [0.25, 0.3) is 10.8 Å². The van der Waals surface area contributed by atoms with Gasteiger partial charge in [-0.3, -0.25) is 14.5 Å². The molecule has 2 aliphatic heterocycles. The van der Waals surface area contributed by atoms with Gasteiger partial charge >= 0.3 is 5.97 Å². The van der Waals surface area contributed by atoms with Gasteiger partial charge in [-0.2, -0.15) is 0 Å². The Labute approximate surface area is 165 Å². The number of amides is 2. The number of carbonyl (C=O) groups excluding carboxylic acids is 2. The fourth-order valence-corrected chi connectivity index (χ4v) is 4.86. The first-order valence-corrected chi connectivity index (χ1v) is 9.85. The second-order valence-corrected chi connectivity index (χ2v) is 8.02. The molecule has 2 aliphatic rings. The summed E-state index contributed by atoms with van der Waals surface area (Å²) in [4.78, 5) is 37.8. The van der Waals surface area contributed by atoms with Gasteiger partial charge in [-0.05, 0) is 34.9 Å². The van der Waals surface area contributed by atoms with Crippen LogP contribution < -0.4 is 11.1 Å². The first-order valence-electron chi connectivity index (χ1n) is 8.81. The summed E-state index contributed by atoms with van der Waals surface area (Å²) in [5, 5.41) is 13.7. The minimum Gasteiger partial charge on any atom is -0.477 e. The van der Waals surface area contributed by atoms with Crippen LogP contribution in [-0.2, 0) is 14.4 Å². The molecule has 3 atom stereocenters. The van der Waals surface area contributed by atoms with Crippen LogP contribution >= 0.6 is 11.8 Å².